The number of rotatable bonds is 6. The van der Waals surface area contributed by atoms with Gasteiger partial charge in [0.2, 0.25) is 0 Å². The summed E-state index contributed by atoms with van der Waals surface area (Å²) in [5.74, 6) is -0.523. The monoisotopic (exact) mass is 393 g/mol. The molecule has 0 aliphatic heterocycles. The van der Waals surface area contributed by atoms with Crippen molar-refractivity contribution in [2.24, 2.45) is 0 Å². The molecule has 0 atom stereocenters. The van der Waals surface area contributed by atoms with E-state index in [1.54, 1.807) is 43.7 Å². The molecule has 0 saturated carbocycles. The molecule has 9 nitrogen and oxygen atoms in total. The van der Waals surface area contributed by atoms with Gasteiger partial charge in [-0.1, -0.05) is 12.1 Å². The molecule has 0 amide bonds. The van der Waals surface area contributed by atoms with Crippen molar-refractivity contribution in [3.05, 3.63) is 51.2 Å². The van der Waals surface area contributed by atoms with Crippen LogP contribution in [0.3, 0.4) is 0 Å². The lowest BCUT2D eigenvalue weighted by Gasteiger charge is -2.09. The minimum absolute atomic E-state index is 0.0312. The van der Waals surface area contributed by atoms with E-state index >= 15 is 0 Å². The van der Waals surface area contributed by atoms with Crippen molar-refractivity contribution in [1.29, 1.82) is 5.26 Å². The van der Waals surface area contributed by atoms with E-state index in [1.807, 2.05) is 0 Å². The van der Waals surface area contributed by atoms with Crippen LogP contribution in [0.15, 0.2) is 24.3 Å². The number of ether oxygens (including phenoxy) is 1. The van der Waals surface area contributed by atoms with E-state index in [4.69, 9.17) is 10.00 Å². The van der Waals surface area contributed by atoms with Crippen LogP contribution in [-0.4, -0.2) is 32.3 Å². The van der Waals surface area contributed by atoms with Gasteiger partial charge in [0.1, 0.15) is 0 Å². The van der Waals surface area contributed by atoms with Gasteiger partial charge >= 0.3 is 5.97 Å². The largest absolute Gasteiger partial charge is 0.462 e. The van der Waals surface area contributed by atoms with Gasteiger partial charge in [-0.2, -0.15) is 10.4 Å². The van der Waals surface area contributed by atoms with Crippen molar-refractivity contribution in [1.82, 2.24) is 14.8 Å². The van der Waals surface area contributed by atoms with E-state index in [-0.39, 0.29) is 24.3 Å². The van der Waals surface area contributed by atoms with E-state index in [9.17, 15) is 14.9 Å². The Balaban J connectivity index is 2.28. The van der Waals surface area contributed by atoms with Gasteiger partial charge in [0.15, 0.2) is 5.65 Å². The lowest BCUT2D eigenvalue weighted by molar-refractivity contribution is -0.385. The van der Waals surface area contributed by atoms with E-state index < -0.39 is 10.9 Å². The van der Waals surface area contributed by atoms with Crippen LogP contribution >= 0.6 is 0 Å². The first-order chi connectivity index (χ1) is 13.9. The molecule has 9 heteroatoms. The van der Waals surface area contributed by atoms with Crippen LogP contribution in [0.5, 0.6) is 0 Å². The number of hydrogen-bond acceptors (Lipinski definition) is 7. The predicted molar refractivity (Wildman–Crippen MR) is 105 cm³/mol. The number of aryl methyl sites for hydroxylation is 3. The summed E-state index contributed by atoms with van der Waals surface area (Å²) >= 11 is 0. The molecule has 0 unspecified atom stereocenters. The zero-order valence-corrected chi connectivity index (χ0v) is 16.3. The molecule has 0 N–H and O–H groups in total. The summed E-state index contributed by atoms with van der Waals surface area (Å²) in [4.78, 5) is 28.1. The molecule has 0 saturated heterocycles. The second-order valence-corrected chi connectivity index (χ2v) is 6.45. The maximum atomic E-state index is 12.6. The molecule has 0 aliphatic rings. The second-order valence-electron chi connectivity index (χ2n) is 6.45. The fraction of sp³-hybridized carbons (Fsp3) is 0.300. The number of nitro benzene ring substituents is 1. The summed E-state index contributed by atoms with van der Waals surface area (Å²) in [7, 11) is 0. The van der Waals surface area contributed by atoms with E-state index in [0.717, 1.165) is 0 Å². The number of hydrogen-bond donors (Lipinski definition) is 0. The SMILES string of the molecule is CCOC(=O)c1cc(-c2ccc(C)c([N+](=O)[O-])c2)nc2c1c(C)nn2CCC#N. The van der Waals surface area contributed by atoms with Crippen LogP contribution in [-0.2, 0) is 11.3 Å². The highest BCUT2D eigenvalue weighted by Gasteiger charge is 2.22. The number of nitrogens with zero attached hydrogens (tertiary/aromatic N) is 5. The molecule has 148 valence electrons. The Morgan fingerprint density at radius 1 is 1.34 bits per heavy atom. The molecule has 0 aliphatic carbocycles. The Morgan fingerprint density at radius 2 is 2.10 bits per heavy atom. The predicted octanol–water partition coefficient (Wildman–Crippen LogP) is 3.71. The van der Waals surface area contributed by atoms with Crippen LogP contribution < -0.4 is 0 Å². The molecular formula is C20H19N5O4. The highest BCUT2D eigenvalue weighted by molar-refractivity contribution is 6.05. The number of carbonyl (C=O) groups is 1. The quantitative estimate of drug-likeness (QED) is 0.355. The Hall–Kier alpha value is -3.80. The van der Waals surface area contributed by atoms with Gasteiger partial charge < -0.3 is 4.74 Å². The van der Waals surface area contributed by atoms with Gasteiger partial charge in [0, 0.05) is 17.2 Å². The topological polar surface area (TPSA) is 124 Å². The average molecular weight is 393 g/mol. The minimum atomic E-state index is -0.523. The Bertz CT molecular complexity index is 1160. The third kappa shape index (κ3) is 3.78. The van der Waals surface area contributed by atoms with E-state index in [0.29, 0.717) is 40.1 Å². The number of nitro groups is 1. The van der Waals surface area contributed by atoms with E-state index in [2.05, 4.69) is 16.2 Å². The van der Waals surface area contributed by atoms with Gasteiger partial charge in [-0.25, -0.2) is 14.5 Å². The van der Waals surface area contributed by atoms with Crippen molar-refractivity contribution in [2.75, 3.05) is 6.61 Å². The number of fused-ring (bicyclic) bond motifs is 1. The standard InChI is InChI=1S/C20H19N5O4/c1-4-29-20(26)15-11-16(14-7-6-12(2)17(10-14)25(27)28)22-19-18(15)13(3)23-24(19)9-5-8-21/h6-7,10-11H,4-5,9H2,1-3H3. The van der Waals surface area contributed by atoms with Crippen molar-refractivity contribution < 1.29 is 14.5 Å². The molecular weight excluding hydrogens is 374 g/mol. The third-order valence-corrected chi connectivity index (χ3v) is 4.51. The minimum Gasteiger partial charge on any atom is -0.462 e. The summed E-state index contributed by atoms with van der Waals surface area (Å²) < 4.78 is 6.76. The van der Waals surface area contributed by atoms with Crippen molar-refractivity contribution in [3.8, 4) is 17.3 Å². The Morgan fingerprint density at radius 3 is 2.76 bits per heavy atom. The van der Waals surface area contributed by atoms with Crippen LogP contribution in [0.1, 0.15) is 35.0 Å². The number of nitriles is 1. The first-order valence-corrected chi connectivity index (χ1v) is 9.05. The van der Waals surface area contributed by atoms with Crippen molar-refractivity contribution in [2.45, 2.75) is 33.7 Å². The normalized spacial score (nSPS) is 10.7. The van der Waals surface area contributed by atoms with Crippen LogP contribution in [0.25, 0.3) is 22.3 Å². The molecule has 2 heterocycles. The first-order valence-electron chi connectivity index (χ1n) is 9.05. The number of aromatic nitrogens is 3. The average Bonchev–Trinajstić information content (AvgIpc) is 3.01. The zero-order chi connectivity index (χ0) is 21.1. The molecule has 0 fully saturated rings. The Labute approximate surface area is 166 Å². The summed E-state index contributed by atoms with van der Waals surface area (Å²) in [6.07, 6.45) is 0.229. The van der Waals surface area contributed by atoms with Gasteiger partial charge in [-0.3, -0.25) is 10.1 Å². The summed E-state index contributed by atoms with van der Waals surface area (Å²) in [5, 5.41) is 25.2. The van der Waals surface area contributed by atoms with Crippen molar-refractivity contribution >= 4 is 22.7 Å². The molecule has 3 aromatic rings. The molecule has 0 spiro atoms. The molecule has 0 bridgehead atoms. The summed E-state index contributed by atoms with van der Waals surface area (Å²) in [5.41, 5.74) is 2.70. The number of carbonyl (C=O) groups excluding carboxylic acids is 1. The maximum absolute atomic E-state index is 12.6. The second kappa shape index (κ2) is 8.06. The number of esters is 1. The molecule has 0 radical (unpaired) electrons. The van der Waals surface area contributed by atoms with Gasteiger partial charge in [-0.15, -0.1) is 0 Å². The molecule has 3 rings (SSSR count). The molecule has 2 aromatic heterocycles. The highest BCUT2D eigenvalue weighted by Crippen LogP contribution is 2.30. The summed E-state index contributed by atoms with van der Waals surface area (Å²) in [6, 6.07) is 8.42. The highest BCUT2D eigenvalue weighted by atomic mass is 16.6. The third-order valence-electron chi connectivity index (χ3n) is 4.51. The fourth-order valence-corrected chi connectivity index (χ4v) is 3.15. The fourth-order valence-electron chi connectivity index (χ4n) is 3.15. The van der Waals surface area contributed by atoms with Crippen molar-refractivity contribution in [3.63, 3.8) is 0 Å². The lowest BCUT2D eigenvalue weighted by atomic mass is 10.0. The molecule has 29 heavy (non-hydrogen) atoms. The Kier molecular flexibility index (Phi) is 5.54. The molecule has 1 aromatic carbocycles. The first kappa shape index (κ1) is 19.9. The number of benzene rings is 1. The zero-order valence-electron chi connectivity index (χ0n) is 16.3. The van der Waals surface area contributed by atoms with Crippen LogP contribution in [0.4, 0.5) is 5.69 Å². The smallest absolute Gasteiger partial charge is 0.339 e. The van der Waals surface area contributed by atoms with E-state index in [1.165, 1.54) is 6.07 Å². The van der Waals surface area contributed by atoms with Gasteiger partial charge in [0.25, 0.3) is 5.69 Å². The van der Waals surface area contributed by atoms with Gasteiger partial charge in [-0.05, 0) is 26.8 Å². The van der Waals surface area contributed by atoms with Crippen LogP contribution in [0, 0.1) is 35.3 Å². The van der Waals surface area contributed by atoms with Gasteiger partial charge in [0.05, 0.1) is 52.9 Å². The lowest BCUT2D eigenvalue weighted by Crippen LogP contribution is -2.07. The van der Waals surface area contributed by atoms with Crippen LogP contribution in [0.2, 0.25) is 0 Å². The number of pyridine rings is 1. The summed E-state index contributed by atoms with van der Waals surface area (Å²) in [6.45, 7) is 5.64. The maximum Gasteiger partial charge on any atom is 0.339 e.